The summed E-state index contributed by atoms with van der Waals surface area (Å²) in [7, 11) is 1.40. The maximum Gasteiger partial charge on any atom is 0.328 e. The van der Waals surface area contributed by atoms with Crippen LogP contribution in [0.4, 0.5) is 11.4 Å². The van der Waals surface area contributed by atoms with Crippen molar-refractivity contribution in [2.24, 2.45) is 5.92 Å². The molecule has 0 aliphatic rings. The molecule has 0 saturated heterocycles. The number of carbonyl (C=O) groups is 1. The van der Waals surface area contributed by atoms with Gasteiger partial charge in [0.05, 0.1) is 7.11 Å². The van der Waals surface area contributed by atoms with Crippen molar-refractivity contribution in [2.45, 2.75) is 26.3 Å². The minimum absolute atomic E-state index is 0.249. The van der Waals surface area contributed by atoms with E-state index in [-0.39, 0.29) is 12.0 Å². The minimum atomic E-state index is -0.332. The molecular weight excluding hydrogens is 216 g/mol. The van der Waals surface area contributed by atoms with Crippen LogP contribution < -0.4 is 11.1 Å². The number of nitrogens with one attached hydrogen (secondary N) is 1. The third-order valence-electron chi connectivity index (χ3n) is 2.42. The lowest BCUT2D eigenvalue weighted by Gasteiger charge is -2.19. The number of hydrogen-bond acceptors (Lipinski definition) is 4. The Morgan fingerprint density at radius 2 is 2.18 bits per heavy atom. The maximum absolute atomic E-state index is 11.6. The molecule has 0 aliphatic carbocycles. The Labute approximate surface area is 102 Å². The van der Waals surface area contributed by atoms with Gasteiger partial charge in [0.15, 0.2) is 0 Å². The maximum atomic E-state index is 11.6. The smallest absolute Gasteiger partial charge is 0.328 e. The Bertz CT molecular complexity index is 377. The van der Waals surface area contributed by atoms with Crippen molar-refractivity contribution in [1.82, 2.24) is 0 Å². The van der Waals surface area contributed by atoms with Gasteiger partial charge in [-0.15, -0.1) is 0 Å². The standard InChI is InChI=1S/C13H20N2O2/c1-9(2)7-12(13(16)17-3)15-11-6-4-5-10(14)8-11/h4-6,8-9,12,15H,7,14H2,1-3H3. The summed E-state index contributed by atoms with van der Waals surface area (Å²) in [5, 5.41) is 3.15. The molecule has 0 fully saturated rings. The first kappa shape index (κ1) is 13.4. The number of methoxy groups -OCH3 is 1. The highest BCUT2D eigenvalue weighted by molar-refractivity contribution is 5.79. The van der Waals surface area contributed by atoms with Crippen molar-refractivity contribution < 1.29 is 9.53 Å². The van der Waals surface area contributed by atoms with Crippen molar-refractivity contribution in [3.63, 3.8) is 0 Å². The van der Waals surface area contributed by atoms with Crippen LogP contribution >= 0.6 is 0 Å². The Morgan fingerprint density at radius 3 is 2.71 bits per heavy atom. The highest BCUT2D eigenvalue weighted by Gasteiger charge is 2.20. The summed E-state index contributed by atoms with van der Waals surface area (Å²) >= 11 is 0. The summed E-state index contributed by atoms with van der Waals surface area (Å²) in [6, 6.07) is 7.01. The highest BCUT2D eigenvalue weighted by Crippen LogP contribution is 2.16. The molecule has 4 heteroatoms. The summed E-state index contributed by atoms with van der Waals surface area (Å²) in [6.45, 7) is 4.13. The molecule has 0 saturated carbocycles. The van der Waals surface area contributed by atoms with E-state index < -0.39 is 0 Å². The summed E-state index contributed by atoms with van der Waals surface area (Å²) in [5.41, 5.74) is 7.19. The third kappa shape index (κ3) is 4.34. The minimum Gasteiger partial charge on any atom is -0.467 e. The molecule has 94 valence electrons. The van der Waals surface area contributed by atoms with Gasteiger partial charge in [-0.3, -0.25) is 0 Å². The van der Waals surface area contributed by atoms with E-state index in [1.807, 2.05) is 12.1 Å². The van der Waals surface area contributed by atoms with Crippen LogP contribution in [0.5, 0.6) is 0 Å². The van der Waals surface area contributed by atoms with Crippen LogP contribution in [0.2, 0.25) is 0 Å². The van der Waals surface area contributed by atoms with Crippen molar-refractivity contribution in [3.05, 3.63) is 24.3 Å². The van der Waals surface area contributed by atoms with E-state index in [1.165, 1.54) is 7.11 Å². The Kier molecular flexibility index (Phi) is 4.82. The molecule has 0 aromatic heterocycles. The van der Waals surface area contributed by atoms with Gasteiger partial charge in [0.25, 0.3) is 0 Å². The highest BCUT2D eigenvalue weighted by atomic mass is 16.5. The number of anilines is 2. The quantitative estimate of drug-likeness (QED) is 0.608. The molecule has 4 nitrogen and oxygen atoms in total. The van der Waals surface area contributed by atoms with Gasteiger partial charge in [0.2, 0.25) is 0 Å². The fourth-order valence-corrected chi connectivity index (χ4v) is 1.66. The molecular formula is C13H20N2O2. The number of esters is 1. The number of nitrogen functional groups attached to an aromatic ring is 1. The number of ether oxygens (including phenoxy) is 1. The van der Waals surface area contributed by atoms with Gasteiger partial charge in [-0.25, -0.2) is 4.79 Å². The molecule has 0 spiro atoms. The van der Waals surface area contributed by atoms with E-state index in [0.717, 1.165) is 12.1 Å². The molecule has 1 unspecified atom stereocenters. The fourth-order valence-electron chi connectivity index (χ4n) is 1.66. The Balaban J connectivity index is 2.75. The number of nitrogens with two attached hydrogens (primary N) is 1. The van der Waals surface area contributed by atoms with Gasteiger partial charge in [-0.2, -0.15) is 0 Å². The summed E-state index contributed by atoms with van der Waals surface area (Å²) in [6.07, 6.45) is 0.724. The van der Waals surface area contributed by atoms with E-state index in [2.05, 4.69) is 19.2 Å². The lowest BCUT2D eigenvalue weighted by molar-refractivity contribution is -0.141. The van der Waals surface area contributed by atoms with Crippen LogP contribution in [0.3, 0.4) is 0 Å². The monoisotopic (exact) mass is 236 g/mol. The predicted octanol–water partition coefficient (Wildman–Crippen LogP) is 2.27. The normalized spacial score (nSPS) is 12.2. The lowest BCUT2D eigenvalue weighted by atomic mass is 10.0. The summed E-state index contributed by atoms with van der Waals surface area (Å²) in [5.74, 6) is 0.161. The van der Waals surface area contributed by atoms with E-state index in [1.54, 1.807) is 12.1 Å². The number of rotatable bonds is 5. The molecule has 1 aromatic rings. The molecule has 0 radical (unpaired) electrons. The Morgan fingerprint density at radius 1 is 1.47 bits per heavy atom. The molecule has 0 heterocycles. The molecule has 0 amide bonds. The van der Waals surface area contributed by atoms with Crippen molar-refractivity contribution >= 4 is 17.3 Å². The van der Waals surface area contributed by atoms with E-state index in [4.69, 9.17) is 10.5 Å². The fraction of sp³-hybridized carbons (Fsp3) is 0.462. The Hall–Kier alpha value is -1.71. The molecule has 0 aliphatic heterocycles. The molecule has 1 aromatic carbocycles. The molecule has 3 N–H and O–H groups in total. The second-order valence-electron chi connectivity index (χ2n) is 4.48. The second kappa shape index (κ2) is 6.13. The average Bonchev–Trinajstić information content (AvgIpc) is 2.26. The van der Waals surface area contributed by atoms with Gasteiger partial charge in [0.1, 0.15) is 6.04 Å². The van der Waals surface area contributed by atoms with Crippen LogP contribution in [0.15, 0.2) is 24.3 Å². The number of hydrogen-bond donors (Lipinski definition) is 2. The van der Waals surface area contributed by atoms with Crippen LogP contribution in [-0.4, -0.2) is 19.1 Å². The number of carbonyl (C=O) groups excluding carboxylic acids is 1. The van der Waals surface area contributed by atoms with Crippen molar-refractivity contribution in [2.75, 3.05) is 18.2 Å². The van der Waals surface area contributed by atoms with Crippen molar-refractivity contribution in [3.8, 4) is 0 Å². The van der Waals surface area contributed by atoms with Gasteiger partial charge >= 0.3 is 5.97 Å². The van der Waals surface area contributed by atoms with Crippen LogP contribution in [0, 0.1) is 5.92 Å². The second-order valence-corrected chi connectivity index (χ2v) is 4.48. The van der Waals surface area contributed by atoms with E-state index in [0.29, 0.717) is 11.6 Å². The van der Waals surface area contributed by atoms with Gasteiger partial charge < -0.3 is 15.8 Å². The first-order valence-electron chi connectivity index (χ1n) is 5.73. The van der Waals surface area contributed by atoms with Gasteiger partial charge in [-0.05, 0) is 30.5 Å². The molecule has 0 bridgehead atoms. The summed E-state index contributed by atoms with van der Waals surface area (Å²) in [4.78, 5) is 11.6. The van der Waals surface area contributed by atoms with E-state index in [9.17, 15) is 4.79 Å². The van der Waals surface area contributed by atoms with Crippen LogP contribution in [0.25, 0.3) is 0 Å². The topological polar surface area (TPSA) is 64.3 Å². The molecule has 1 atom stereocenters. The molecule has 1 rings (SSSR count). The lowest BCUT2D eigenvalue weighted by Crippen LogP contribution is -2.32. The summed E-state index contributed by atoms with van der Waals surface area (Å²) < 4.78 is 4.78. The number of benzene rings is 1. The zero-order chi connectivity index (χ0) is 12.8. The van der Waals surface area contributed by atoms with Crippen molar-refractivity contribution in [1.29, 1.82) is 0 Å². The zero-order valence-electron chi connectivity index (χ0n) is 10.6. The van der Waals surface area contributed by atoms with Gasteiger partial charge in [0, 0.05) is 11.4 Å². The SMILES string of the molecule is COC(=O)C(CC(C)C)Nc1cccc(N)c1. The van der Waals surface area contributed by atoms with Crippen LogP contribution in [-0.2, 0) is 9.53 Å². The first-order chi connectivity index (χ1) is 8.02. The van der Waals surface area contributed by atoms with Gasteiger partial charge in [-0.1, -0.05) is 19.9 Å². The average molecular weight is 236 g/mol. The van der Waals surface area contributed by atoms with Crippen LogP contribution in [0.1, 0.15) is 20.3 Å². The largest absolute Gasteiger partial charge is 0.467 e. The third-order valence-corrected chi connectivity index (χ3v) is 2.42. The zero-order valence-corrected chi connectivity index (χ0v) is 10.6. The first-order valence-corrected chi connectivity index (χ1v) is 5.73. The molecule has 17 heavy (non-hydrogen) atoms. The van der Waals surface area contributed by atoms with E-state index >= 15 is 0 Å². The predicted molar refractivity (Wildman–Crippen MR) is 69.7 cm³/mol.